The molecule has 7 nitrogen and oxygen atoms in total. The van der Waals surface area contributed by atoms with Gasteiger partial charge in [0.05, 0.1) is 13.1 Å². The van der Waals surface area contributed by atoms with Crippen molar-refractivity contribution in [3.05, 3.63) is 66.2 Å². The Morgan fingerprint density at radius 1 is 0.964 bits per heavy atom. The Labute approximate surface area is 163 Å². The van der Waals surface area contributed by atoms with Gasteiger partial charge in [-0.15, -0.1) is 0 Å². The Hall–Kier alpha value is -3.35. The number of carbonyl (C=O) groups is 3. The minimum absolute atomic E-state index is 0.0907. The van der Waals surface area contributed by atoms with E-state index in [1.54, 1.807) is 21.9 Å². The molecular formula is C21H21N3O4. The summed E-state index contributed by atoms with van der Waals surface area (Å²) in [5, 5.41) is 0. The molecule has 2 fully saturated rings. The molecule has 2 aliphatic heterocycles. The number of piperazine rings is 1. The van der Waals surface area contributed by atoms with E-state index in [0.717, 1.165) is 5.56 Å². The predicted octanol–water partition coefficient (Wildman–Crippen LogP) is 1.74. The first-order valence-corrected chi connectivity index (χ1v) is 9.25. The first-order valence-electron chi connectivity index (χ1n) is 9.25. The Kier molecular flexibility index (Phi) is 4.97. The van der Waals surface area contributed by atoms with Crippen molar-refractivity contribution in [1.82, 2.24) is 14.7 Å². The number of imide groups is 1. The van der Waals surface area contributed by atoms with E-state index >= 15 is 0 Å². The average molecular weight is 379 g/mol. The van der Waals surface area contributed by atoms with Crippen LogP contribution in [0.1, 0.15) is 5.56 Å². The van der Waals surface area contributed by atoms with Gasteiger partial charge in [-0.1, -0.05) is 48.5 Å². The Bertz CT molecular complexity index is 872. The van der Waals surface area contributed by atoms with Crippen LogP contribution < -0.4 is 4.74 Å². The lowest BCUT2D eigenvalue weighted by molar-refractivity contribution is -0.138. The van der Waals surface area contributed by atoms with Crippen LogP contribution in [-0.4, -0.2) is 64.8 Å². The van der Waals surface area contributed by atoms with Crippen LogP contribution in [0.2, 0.25) is 0 Å². The highest BCUT2D eigenvalue weighted by molar-refractivity contribution is 6.04. The van der Waals surface area contributed by atoms with Crippen LogP contribution in [0.5, 0.6) is 5.75 Å². The molecule has 0 saturated carbocycles. The topological polar surface area (TPSA) is 70.2 Å². The highest BCUT2D eigenvalue weighted by atomic mass is 16.5. The Morgan fingerprint density at radius 3 is 2.36 bits per heavy atom. The Morgan fingerprint density at radius 2 is 1.64 bits per heavy atom. The maximum Gasteiger partial charge on any atom is 0.327 e. The van der Waals surface area contributed by atoms with E-state index in [2.05, 4.69) is 0 Å². The molecule has 1 atom stereocenters. The molecule has 4 amide bonds. The summed E-state index contributed by atoms with van der Waals surface area (Å²) in [7, 11) is 0. The van der Waals surface area contributed by atoms with Crippen LogP contribution >= 0.6 is 0 Å². The summed E-state index contributed by atoms with van der Waals surface area (Å²) >= 11 is 0. The number of nitrogens with zero attached hydrogens (tertiary/aromatic N) is 3. The van der Waals surface area contributed by atoms with Crippen molar-refractivity contribution < 1.29 is 19.1 Å². The summed E-state index contributed by atoms with van der Waals surface area (Å²) in [6.45, 7) is 1.10. The van der Waals surface area contributed by atoms with Gasteiger partial charge in [0.2, 0.25) is 0 Å². The summed E-state index contributed by atoms with van der Waals surface area (Å²) in [5.41, 5.74) is 0.897. The average Bonchev–Trinajstić information content (AvgIpc) is 2.98. The molecule has 0 bridgehead atoms. The zero-order valence-corrected chi connectivity index (χ0v) is 15.4. The largest absolute Gasteiger partial charge is 0.484 e. The number of fused-ring (bicyclic) bond motifs is 1. The zero-order valence-electron chi connectivity index (χ0n) is 15.4. The number of carbonyl (C=O) groups excluding carboxylic acids is 3. The SMILES string of the molecule is O=C(COc1ccccc1)N1CCN2C(=O)N(Cc3ccccc3)C(=O)[C@H]2C1. The quantitative estimate of drug-likeness (QED) is 0.742. The highest BCUT2D eigenvalue weighted by Gasteiger charge is 2.48. The lowest BCUT2D eigenvalue weighted by Gasteiger charge is -2.35. The second-order valence-electron chi connectivity index (χ2n) is 6.84. The normalized spacial score (nSPS) is 19.0. The van der Waals surface area contributed by atoms with Gasteiger partial charge in [0, 0.05) is 13.1 Å². The van der Waals surface area contributed by atoms with Crippen LogP contribution in [-0.2, 0) is 16.1 Å². The van der Waals surface area contributed by atoms with Crippen molar-refractivity contribution in [2.24, 2.45) is 0 Å². The number of ether oxygens (including phenoxy) is 1. The molecule has 2 aromatic carbocycles. The molecule has 0 N–H and O–H groups in total. The van der Waals surface area contributed by atoms with Gasteiger partial charge >= 0.3 is 6.03 Å². The van der Waals surface area contributed by atoms with Gasteiger partial charge in [0.1, 0.15) is 11.8 Å². The first kappa shape index (κ1) is 18.0. The molecule has 7 heteroatoms. The van der Waals surface area contributed by atoms with Crippen molar-refractivity contribution in [3.8, 4) is 5.75 Å². The molecule has 4 rings (SSSR count). The van der Waals surface area contributed by atoms with E-state index in [0.29, 0.717) is 18.8 Å². The van der Waals surface area contributed by atoms with Gasteiger partial charge in [-0.3, -0.25) is 14.5 Å². The molecule has 144 valence electrons. The molecule has 0 aromatic heterocycles. The third-order valence-corrected chi connectivity index (χ3v) is 5.05. The number of rotatable bonds is 5. The molecule has 0 spiro atoms. The molecule has 2 aromatic rings. The van der Waals surface area contributed by atoms with Crippen LogP contribution in [0.3, 0.4) is 0 Å². The molecule has 2 heterocycles. The van der Waals surface area contributed by atoms with E-state index in [9.17, 15) is 14.4 Å². The maximum absolute atomic E-state index is 12.8. The highest BCUT2D eigenvalue weighted by Crippen LogP contribution is 2.24. The predicted molar refractivity (Wildman–Crippen MR) is 101 cm³/mol. The molecule has 0 aliphatic carbocycles. The smallest absolute Gasteiger partial charge is 0.327 e. The summed E-state index contributed by atoms with van der Waals surface area (Å²) in [6, 6.07) is 17.6. The molecule has 28 heavy (non-hydrogen) atoms. The van der Waals surface area contributed by atoms with Crippen LogP contribution in [0, 0.1) is 0 Å². The van der Waals surface area contributed by atoms with Crippen molar-refractivity contribution in [2.75, 3.05) is 26.2 Å². The third kappa shape index (κ3) is 3.55. The van der Waals surface area contributed by atoms with E-state index in [-0.39, 0.29) is 37.5 Å². The number of benzene rings is 2. The number of amides is 4. The second kappa shape index (κ2) is 7.72. The first-order chi connectivity index (χ1) is 13.6. The van der Waals surface area contributed by atoms with E-state index < -0.39 is 6.04 Å². The van der Waals surface area contributed by atoms with Crippen molar-refractivity contribution in [2.45, 2.75) is 12.6 Å². The van der Waals surface area contributed by atoms with Gasteiger partial charge in [0.15, 0.2) is 6.61 Å². The third-order valence-electron chi connectivity index (χ3n) is 5.05. The van der Waals surface area contributed by atoms with Crippen molar-refractivity contribution in [3.63, 3.8) is 0 Å². The van der Waals surface area contributed by atoms with Crippen molar-refractivity contribution >= 4 is 17.8 Å². The van der Waals surface area contributed by atoms with E-state index in [4.69, 9.17) is 4.74 Å². The molecule has 2 aliphatic rings. The maximum atomic E-state index is 12.8. The van der Waals surface area contributed by atoms with Crippen LogP contribution in [0.15, 0.2) is 60.7 Å². The lowest BCUT2D eigenvalue weighted by Crippen LogP contribution is -2.55. The standard InChI is InChI=1S/C21H21N3O4/c25-19(15-28-17-9-5-2-6-10-17)22-11-12-23-18(14-22)20(26)24(21(23)27)13-16-7-3-1-4-8-16/h1-10,18H,11-15H2/t18-/m1/s1. The lowest BCUT2D eigenvalue weighted by atomic mass is 10.1. The van der Waals surface area contributed by atoms with Gasteiger partial charge < -0.3 is 14.5 Å². The van der Waals surface area contributed by atoms with E-state index in [1.165, 1.54) is 4.90 Å². The minimum Gasteiger partial charge on any atom is -0.484 e. The van der Waals surface area contributed by atoms with Gasteiger partial charge in [-0.25, -0.2) is 4.79 Å². The number of hydrogen-bond donors (Lipinski definition) is 0. The van der Waals surface area contributed by atoms with Gasteiger partial charge in [-0.05, 0) is 17.7 Å². The molecule has 2 saturated heterocycles. The summed E-state index contributed by atoms with van der Waals surface area (Å²) in [5.74, 6) is 0.177. The van der Waals surface area contributed by atoms with Gasteiger partial charge in [0.25, 0.3) is 11.8 Å². The monoisotopic (exact) mass is 379 g/mol. The zero-order chi connectivity index (χ0) is 19.5. The van der Waals surface area contributed by atoms with Crippen LogP contribution in [0.25, 0.3) is 0 Å². The fourth-order valence-corrected chi connectivity index (χ4v) is 3.54. The number of urea groups is 1. The molecule has 0 unspecified atom stereocenters. The fraction of sp³-hybridized carbons (Fsp3) is 0.286. The number of para-hydroxylation sites is 1. The minimum atomic E-state index is -0.620. The Balaban J connectivity index is 1.38. The van der Waals surface area contributed by atoms with Crippen LogP contribution in [0.4, 0.5) is 4.79 Å². The molecule has 0 radical (unpaired) electrons. The molecular weight excluding hydrogens is 358 g/mol. The summed E-state index contributed by atoms with van der Waals surface area (Å²) in [6.07, 6.45) is 0. The van der Waals surface area contributed by atoms with Crippen molar-refractivity contribution in [1.29, 1.82) is 0 Å². The summed E-state index contributed by atoms with van der Waals surface area (Å²) < 4.78 is 5.51. The number of hydrogen-bond acceptors (Lipinski definition) is 4. The van der Waals surface area contributed by atoms with Gasteiger partial charge in [-0.2, -0.15) is 0 Å². The van der Waals surface area contributed by atoms with E-state index in [1.807, 2.05) is 48.5 Å². The second-order valence-corrected chi connectivity index (χ2v) is 6.84. The fourth-order valence-electron chi connectivity index (χ4n) is 3.54. The summed E-state index contributed by atoms with van der Waals surface area (Å²) in [4.78, 5) is 42.4.